The lowest BCUT2D eigenvalue weighted by Gasteiger charge is -2.37. The lowest BCUT2D eigenvalue weighted by Crippen LogP contribution is -2.52. The molecule has 3 aliphatic rings. The van der Waals surface area contributed by atoms with E-state index in [1.165, 1.54) is 19.3 Å². The van der Waals surface area contributed by atoms with Gasteiger partial charge in [-0.1, -0.05) is 31.4 Å². The van der Waals surface area contributed by atoms with E-state index in [2.05, 4.69) is 16.7 Å². The molecule has 150 valence electrons. The summed E-state index contributed by atoms with van der Waals surface area (Å²) in [6.07, 6.45) is 6.57. The van der Waals surface area contributed by atoms with Gasteiger partial charge in [0.05, 0.1) is 0 Å². The number of nitrogens with two attached hydrogens (primary N) is 1. The summed E-state index contributed by atoms with van der Waals surface area (Å²) in [5.74, 6) is -0.772. The maximum Gasteiger partial charge on any atom is 0.255 e. The minimum Gasteiger partial charge on any atom is -0.329 e. The average molecular weight is 384 g/mol. The first kappa shape index (κ1) is 19.1. The SMILES string of the molecule is NCC1(NCc2ccc3c(c2)CN(C2CCC(=O)NC2=O)C3=O)CCCCC1. The molecule has 7 nitrogen and oxygen atoms in total. The molecule has 0 spiro atoms. The number of nitrogens with zero attached hydrogens (tertiary/aromatic N) is 1. The van der Waals surface area contributed by atoms with Crippen LogP contribution in [0.2, 0.25) is 0 Å². The monoisotopic (exact) mass is 384 g/mol. The predicted molar refractivity (Wildman–Crippen MR) is 104 cm³/mol. The Hall–Kier alpha value is -2.25. The Morgan fingerprint density at radius 1 is 1.18 bits per heavy atom. The van der Waals surface area contributed by atoms with Crippen LogP contribution in [0.1, 0.15) is 66.4 Å². The van der Waals surface area contributed by atoms with E-state index < -0.39 is 6.04 Å². The van der Waals surface area contributed by atoms with Crippen LogP contribution >= 0.6 is 0 Å². The number of fused-ring (bicyclic) bond motifs is 1. The third-order valence-electron chi connectivity index (χ3n) is 6.46. The highest BCUT2D eigenvalue weighted by molar-refractivity contribution is 6.05. The van der Waals surface area contributed by atoms with E-state index in [1.807, 2.05) is 12.1 Å². The second-order valence-electron chi connectivity index (χ2n) is 8.29. The molecule has 4 N–H and O–H groups in total. The average Bonchev–Trinajstić information content (AvgIpc) is 3.03. The van der Waals surface area contributed by atoms with E-state index in [9.17, 15) is 14.4 Å². The number of hydrogen-bond donors (Lipinski definition) is 3. The van der Waals surface area contributed by atoms with Gasteiger partial charge in [-0.25, -0.2) is 0 Å². The summed E-state index contributed by atoms with van der Waals surface area (Å²) in [4.78, 5) is 37.9. The Balaban J connectivity index is 1.45. The molecule has 1 unspecified atom stereocenters. The van der Waals surface area contributed by atoms with Crippen LogP contribution in [0.3, 0.4) is 0 Å². The smallest absolute Gasteiger partial charge is 0.255 e. The molecular weight excluding hydrogens is 356 g/mol. The van der Waals surface area contributed by atoms with E-state index in [-0.39, 0.29) is 29.7 Å². The van der Waals surface area contributed by atoms with E-state index in [0.717, 1.165) is 30.5 Å². The summed E-state index contributed by atoms with van der Waals surface area (Å²) >= 11 is 0. The van der Waals surface area contributed by atoms with Gasteiger partial charge >= 0.3 is 0 Å². The van der Waals surface area contributed by atoms with E-state index in [1.54, 1.807) is 4.90 Å². The summed E-state index contributed by atoms with van der Waals surface area (Å²) < 4.78 is 0. The lowest BCUT2D eigenvalue weighted by molar-refractivity contribution is -0.136. The van der Waals surface area contributed by atoms with Crippen LogP contribution < -0.4 is 16.4 Å². The highest BCUT2D eigenvalue weighted by Crippen LogP contribution is 2.30. The Labute approximate surface area is 165 Å². The third kappa shape index (κ3) is 3.56. The number of piperidine rings is 1. The van der Waals surface area contributed by atoms with Crippen LogP contribution in [0.5, 0.6) is 0 Å². The van der Waals surface area contributed by atoms with Gasteiger partial charge < -0.3 is 16.0 Å². The molecule has 1 atom stereocenters. The van der Waals surface area contributed by atoms with Crippen molar-refractivity contribution < 1.29 is 14.4 Å². The molecule has 0 radical (unpaired) electrons. The first-order chi connectivity index (χ1) is 13.5. The molecule has 1 saturated heterocycles. The molecule has 7 heteroatoms. The van der Waals surface area contributed by atoms with Crippen molar-refractivity contribution in [2.75, 3.05) is 6.54 Å². The van der Waals surface area contributed by atoms with Gasteiger partial charge in [0.2, 0.25) is 11.8 Å². The van der Waals surface area contributed by atoms with Crippen LogP contribution in [0.4, 0.5) is 0 Å². The Bertz CT molecular complexity index is 801. The molecule has 2 fully saturated rings. The second kappa shape index (κ2) is 7.64. The Morgan fingerprint density at radius 3 is 2.68 bits per heavy atom. The quantitative estimate of drug-likeness (QED) is 0.662. The molecular formula is C21H28N4O3. The first-order valence-electron chi connectivity index (χ1n) is 10.2. The second-order valence-corrected chi connectivity index (χ2v) is 8.29. The number of nitrogens with one attached hydrogen (secondary N) is 2. The maximum atomic E-state index is 12.8. The minimum absolute atomic E-state index is 0.0197. The predicted octanol–water partition coefficient (Wildman–Crippen LogP) is 1.20. The largest absolute Gasteiger partial charge is 0.329 e. The zero-order chi connectivity index (χ0) is 19.7. The van der Waals surface area contributed by atoms with Crippen LogP contribution in [0, 0.1) is 0 Å². The standard InChI is InChI=1S/C21H28N4O3/c22-13-21(8-2-1-3-9-21)23-11-14-4-5-16-15(10-14)12-25(20(16)28)17-6-7-18(26)24-19(17)27/h4-5,10,17,23H,1-3,6-9,11-13,22H2,(H,24,26,27). The van der Waals surface area contributed by atoms with Gasteiger partial charge in [-0.05, 0) is 36.5 Å². The normalized spacial score (nSPS) is 24.2. The van der Waals surface area contributed by atoms with Gasteiger partial charge in [0.1, 0.15) is 6.04 Å². The number of carbonyl (C=O) groups is 3. The number of rotatable bonds is 5. The van der Waals surface area contributed by atoms with Crippen LogP contribution in [0.25, 0.3) is 0 Å². The van der Waals surface area contributed by atoms with Gasteiger partial charge in [-0.3, -0.25) is 19.7 Å². The van der Waals surface area contributed by atoms with Crippen molar-refractivity contribution in [2.24, 2.45) is 5.73 Å². The summed E-state index contributed by atoms with van der Waals surface area (Å²) in [7, 11) is 0. The molecule has 1 aromatic carbocycles. The lowest BCUT2D eigenvalue weighted by atomic mass is 9.81. The van der Waals surface area contributed by atoms with Crippen LogP contribution in [-0.2, 0) is 22.7 Å². The van der Waals surface area contributed by atoms with Gasteiger partial charge in [-0.2, -0.15) is 0 Å². The van der Waals surface area contributed by atoms with Crippen molar-refractivity contribution in [3.63, 3.8) is 0 Å². The fourth-order valence-corrected chi connectivity index (χ4v) is 4.71. The Kier molecular flexibility index (Phi) is 5.21. The molecule has 3 amide bonds. The van der Waals surface area contributed by atoms with Crippen LogP contribution in [0.15, 0.2) is 18.2 Å². The van der Waals surface area contributed by atoms with Gasteiger partial charge in [-0.15, -0.1) is 0 Å². The fraction of sp³-hybridized carbons (Fsp3) is 0.571. The third-order valence-corrected chi connectivity index (χ3v) is 6.46. The fourth-order valence-electron chi connectivity index (χ4n) is 4.71. The van der Waals surface area contributed by atoms with Crippen molar-refractivity contribution in [1.29, 1.82) is 0 Å². The molecule has 1 saturated carbocycles. The highest BCUT2D eigenvalue weighted by atomic mass is 16.2. The molecule has 2 aliphatic heterocycles. The molecule has 0 bridgehead atoms. The first-order valence-corrected chi connectivity index (χ1v) is 10.2. The van der Waals surface area contributed by atoms with E-state index in [4.69, 9.17) is 5.73 Å². The van der Waals surface area contributed by atoms with Gasteiger partial charge in [0.15, 0.2) is 0 Å². The number of amides is 3. The zero-order valence-corrected chi connectivity index (χ0v) is 16.1. The molecule has 28 heavy (non-hydrogen) atoms. The molecule has 2 heterocycles. The Morgan fingerprint density at radius 2 is 1.96 bits per heavy atom. The highest BCUT2D eigenvalue weighted by Gasteiger charge is 2.39. The number of imide groups is 1. The molecule has 1 aliphatic carbocycles. The van der Waals surface area contributed by atoms with Crippen molar-refractivity contribution in [1.82, 2.24) is 15.5 Å². The topological polar surface area (TPSA) is 105 Å². The summed E-state index contributed by atoms with van der Waals surface area (Å²) in [5, 5.41) is 6.00. The van der Waals surface area contributed by atoms with Crippen molar-refractivity contribution in [3.8, 4) is 0 Å². The number of carbonyl (C=O) groups excluding carboxylic acids is 3. The van der Waals surface area contributed by atoms with Gasteiger partial charge in [0, 0.05) is 37.2 Å². The zero-order valence-electron chi connectivity index (χ0n) is 16.1. The molecule has 4 rings (SSSR count). The summed E-state index contributed by atoms with van der Waals surface area (Å²) in [5.41, 5.74) is 8.80. The summed E-state index contributed by atoms with van der Waals surface area (Å²) in [6.45, 7) is 1.77. The van der Waals surface area contributed by atoms with E-state index in [0.29, 0.717) is 25.1 Å². The maximum absolute atomic E-state index is 12.8. The molecule has 0 aromatic heterocycles. The number of hydrogen-bond acceptors (Lipinski definition) is 5. The van der Waals surface area contributed by atoms with Crippen molar-refractivity contribution in [2.45, 2.75) is 69.6 Å². The van der Waals surface area contributed by atoms with Crippen LogP contribution in [-0.4, -0.2) is 40.7 Å². The van der Waals surface area contributed by atoms with Crippen molar-refractivity contribution >= 4 is 17.7 Å². The molecule has 1 aromatic rings. The van der Waals surface area contributed by atoms with E-state index >= 15 is 0 Å². The van der Waals surface area contributed by atoms with Crippen molar-refractivity contribution in [3.05, 3.63) is 34.9 Å². The summed E-state index contributed by atoms with van der Waals surface area (Å²) in [6, 6.07) is 5.32. The minimum atomic E-state index is -0.568. The van der Waals surface area contributed by atoms with Gasteiger partial charge in [0.25, 0.3) is 5.91 Å². The number of benzene rings is 1.